The van der Waals surface area contributed by atoms with Crippen LogP contribution in [0.4, 0.5) is 8.78 Å². The molecule has 0 bridgehead atoms. The molecule has 0 atom stereocenters. The molecule has 2 fully saturated rings. The Morgan fingerprint density at radius 1 is 0.750 bits per heavy atom. The van der Waals surface area contributed by atoms with E-state index in [2.05, 4.69) is 6.08 Å². The van der Waals surface area contributed by atoms with Crippen molar-refractivity contribution >= 4 is 0 Å². The minimum absolute atomic E-state index is 0.133. The van der Waals surface area contributed by atoms with Gasteiger partial charge in [-0.15, -0.1) is 0 Å². The van der Waals surface area contributed by atoms with Crippen molar-refractivity contribution in [3.05, 3.63) is 12.2 Å². The van der Waals surface area contributed by atoms with E-state index in [1.165, 1.54) is 51.4 Å². The van der Waals surface area contributed by atoms with Crippen LogP contribution in [0.5, 0.6) is 0 Å². The molecule has 2 rings (SSSR count). The van der Waals surface area contributed by atoms with E-state index in [1.807, 2.05) is 6.08 Å². The fourth-order valence-electron chi connectivity index (χ4n) is 4.26. The van der Waals surface area contributed by atoms with Crippen LogP contribution in [0.3, 0.4) is 0 Å². The van der Waals surface area contributed by atoms with Gasteiger partial charge in [-0.2, -0.15) is 0 Å². The third kappa shape index (κ3) is 4.86. The van der Waals surface area contributed by atoms with Crippen molar-refractivity contribution in [2.75, 3.05) is 13.3 Å². The van der Waals surface area contributed by atoms with Gasteiger partial charge in [0.1, 0.15) is 0 Å². The molecular weight excluding hydrogens is 254 g/mol. The third-order valence-electron chi connectivity index (χ3n) is 5.58. The van der Waals surface area contributed by atoms with Gasteiger partial charge in [0.2, 0.25) is 0 Å². The summed E-state index contributed by atoms with van der Waals surface area (Å²) in [7, 11) is 0. The molecule has 0 unspecified atom stereocenters. The molecule has 0 aromatic carbocycles. The van der Waals surface area contributed by atoms with Crippen LogP contribution in [0.1, 0.15) is 64.2 Å². The number of hydrogen-bond acceptors (Lipinski definition) is 0. The first-order chi connectivity index (χ1) is 9.83. The summed E-state index contributed by atoms with van der Waals surface area (Å²) in [5, 5.41) is 0. The first kappa shape index (κ1) is 16.0. The minimum Gasteiger partial charge on any atom is -0.251 e. The Morgan fingerprint density at radius 2 is 1.35 bits per heavy atom. The van der Waals surface area contributed by atoms with Gasteiger partial charge in [0.05, 0.1) is 13.3 Å². The Hall–Kier alpha value is -0.400. The molecule has 0 radical (unpaired) electrons. The third-order valence-corrected chi connectivity index (χ3v) is 5.58. The molecule has 0 nitrogen and oxygen atoms in total. The van der Waals surface area contributed by atoms with Gasteiger partial charge in [-0.05, 0) is 75.0 Å². The average Bonchev–Trinajstić information content (AvgIpc) is 2.49. The van der Waals surface area contributed by atoms with Crippen LogP contribution in [0, 0.1) is 23.7 Å². The molecule has 0 aromatic rings. The van der Waals surface area contributed by atoms with Crippen LogP contribution in [0.25, 0.3) is 0 Å². The summed E-state index contributed by atoms with van der Waals surface area (Å²) in [5.41, 5.74) is 0. The lowest BCUT2D eigenvalue weighted by Gasteiger charge is -2.37. The summed E-state index contributed by atoms with van der Waals surface area (Å²) in [6.45, 7) is -0.361. The standard InChI is InChI=1S/C18H30F2/c19-13-2-1-3-15-4-8-17(9-5-15)18-10-6-16(7-11-18)12-14-20/h1,3,15-18H,2,4-14H2. The van der Waals surface area contributed by atoms with Gasteiger partial charge >= 0.3 is 0 Å². The number of hydrogen-bond donors (Lipinski definition) is 0. The van der Waals surface area contributed by atoms with E-state index in [4.69, 9.17) is 0 Å². The summed E-state index contributed by atoms with van der Waals surface area (Å²) in [4.78, 5) is 0. The van der Waals surface area contributed by atoms with Gasteiger partial charge in [-0.3, -0.25) is 8.78 Å². The Bertz CT molecular complexity index is 271. The van der Waals surface area contributed by atoms with Crippen molar-refractivity contribution < 1.29 is 8.78 Å². The summed E-state index contributed by atoms with van der Waals surface area (Å²) in [5.74, 6) is 3.17. The molecule has 2 aliphatic carbocycles. The Balaban J connectivity index is 1.67. The van der Waals surface area contributed by atoms with Gasteiger partial charge in [-0.1, -0.05) is 25.0 Å². The number of rotatable bonds is 6. The zero-order valence-electron chi connectivity index (χ0n) is 12.7. The summed E-state index contributed by atoms with van der Waals surface area (Å²) in [6, 6.07) is 0. The molecule has 0 amide bonds. The molecule has 2 saturated carbocycles. The van der Waals surface area contributed by atoms with Crippen LogP contribution in [-0.2, 0) is 0 Å². The van der Waals surface area contributed by atoms with E-state index in [0.717, 1.165) is 18.3 Å². The molecule has 20 heavy (non-hydrogen) atoms. The topological polar surface area (TPSA) is 0 Å². The quantitative estimate of drug-likeness (QED) is 0.535. The van der Waals surface area contributed by atoms with E-state index < -0.39 is 0 Å². The Morgan fingerprint density at radius 3 is 1.90 bits per heavy atom. The molecule has 0 spiro atoms. The normalized spacial score (nSPS) is 35.5. The van der Waals surface area contributed by atoms with E-state index in [0.29, 0.717) is 18.3 Å². The van der Waals surface area contributed by atoms with Crippen molar-refractivity contribution in [2.24, 2.45) is 23.7 Å². The van der Waals surface area contributed by atoms with Crippen LogP contribution in [-0.4, -0.2) is 13.3 Å². The Labute approximate surface area is 123 Å². The molecule has 0 aromatic heterocycles. The molecule has 116 valence electrons. The number of allylic oxidation sites excluding steroid dienone is 2. The van der Waals surface area contributed by atoms with Crippen LogP contribution < -0.4 is 0 Å². The van der Waals surface area contributed by atoms with Crippen molar-refractivity contribution in [3.8, 4) is 0 Å². The minimum atomic E-state index is -0.228. The maximum atomic E-state index is 12.4. The van der Waals surface area contributed by atoms with Gasteiger partial charge in [0, 0.05) is 0 Å². The molecule has 2 aliphatic rings. The summed E-state index contributed by atoms with van der Waals surface area (Å²) >= 11 is 0. The van der Waals surface area contributed by atoms with Crippen LogP contribution in [0.15, 0.2) is 12.2 Å². The fourth-order valence-corrected chi connectivity index (χ4v) is 4.26. The van der Waals surface area contributed by atoms with Gasteiger partial charge < -0.3 is 0 Å². The second kappa shape index (κ2) is 8.79. The Kier molecular flexibility index (Phi) is 7.02. The molecule has 2 heteroatoms. The van der Waals surface area contributed by atoms with Crippen molar-refractivity contribution in [1.29, 1.82) is 0 Å². The highest BCUT2D eigenvalue weighted by molar-refractivity contribution is 4.92. The van der Waals surface area contributed by atoms with Crippen molar-refractivity contribution in [1.82, 2.24) is 0 Å². The maximum absolute atomic E-state index is 12.4. The maximum Gasteiger partial charge on any atom is 0.0928 e. The lowest BCUT2D eigenvalue weighted by Crippen LogP contribution is -2.25. The lowest BCUT2D eigenvalue weighted by atomic mass is 9.69. The predicted molar refractivity (Wildman–Crippen MR) is 81.2 cm³/mol. The monoisotopic (exact) mass is 284 g/mol. The first-order valence-electron chi connectivity index (χ1n) is 8.62. The van der Waals surface area contributed by atoms with E-state index in [9.17, 15) is 8.78 Å². The highest BCUT2D eigenvalue weighted by atomic mass is 19.1. The van der Waals surface area contributed by atoms with Crippen LogP contribution >= 0.6 is 0 Å². The molecular formula is C18H30F2. The second-order valence-corrected chi connectivity index (χ2v) is 6.84. The van der Waals surface area contributed by atoms with E-state index in [-0.39, 0.29) is 13.3 Å². The molecule has 0 saturated heterocycles. The largest absolute Gasteiger partial charge is 0.251 e. The highest BCUT2D eigenvalue weighted by Gasteiger charge is 2.30. The van der Waals surface area contributed by atoms with E-state index >= 15 is 0 Å². The molecule has 0 heterocycles. The highest BCUT2D eigenvalue weighted by Crippen LogP contribution is 2.42. The number of alkyl halides is 2. The smallest absolute Gasteiger partial charge is 0.0928 e. The van der Waals surface area contributed by atoms with Crippen molar-refractivity contribution in [2.45, 2.75) is 64.2 Å². The van der Waals surface area contributed by atoms with Gasteiger partial charge in [0.25, 0.3) is 0 Å². The summed E-state index contributed by atoms with van der Waals surface area (Å²) < 4.78 is 24.4. The van der Waals surface area contributed by atoms with Gasteiger partial charge in [0.15, 0.2) is 0 Å². The average molecular weight is 284 g/mol. The fraction of sp³-hybridized carbons (Fsp3) is 0.889. The molecule has 0 N–H and O–H groups in total. The predicted octanol–water partition coefficient (Wildman–Crippen LogP) is 5.87. The van der Waals surface area contributed by atoms with Crippen molar-refractivity contribution in [3.63, 3.8) is 0 Å². The van der Waals surface area contributed by atoms with Gasteiger partial charge in [-0.25, -0.2) is 0 Å². The zero-order chi connectivity index (χ0) is 14.2. The van der Waals surface area contributed by atoms with E-state index in [1.54, 1.807) is 0 Å². The SMILES string of the molecule is FCCC=CC1CCC(C2CCC(CCF)CC2)CC1. The zero-order valence-corrected chi connectivity index (χ0v) is 12.7. The van der Waals surface area contributed by atoms with Crippen LogP contribution in [0.2, 0.25) is 0 Å². The first-order valence-corrected chi connectivity index (χ1v) is 8.62. The second-order valence-electron chi connectivity index (χ2n) is 6.84. The number of halogens is 2. The molecule has 0 aliphatic heterocycles. The summed E-state index contributed by atoms with van der Waals surface area (Å²) in [6.07, 6.45) is 16.1. The lowest BCUT2D eigenvalue weighted by molar-refractivity contribution is 0.149.